The minimum atomic E-state index is -2.54. The predicted molar refractivity (Wildman–Crippen MR) is 352 cm³/mol. The molecular formula is C76H103NO20. The number of Topliss-reactive ketones (excluding diaryl/α,β-unsaturated/α-hetero) is 1. The van der Waals surface area contributed by atoms with Gasteiger partial charge in [0.1, 0.15) is 47.8 Å². The number of ether oxygens (including phenoxy) is 9. The molecule has 4 N–H and O–H groups in total. The zero-order valence-corrected chi connectivity index (χ0v) is 58.8. The van der Waals surface area contributed by atoms with Crippen molar-refractivity contribution in [3.05, 3.63) is 94.6 Å². The Hall–Kier alpha value is -6.68. The van der Waals surface area contributed by atoms with Gasteiger partial charge >= 0.3 is 42.1 Å². The molecule has 1 aliphatic heterocycles. The number of aliphatic hydroxyl groups excluding tert-OH is 2. The molecule has 21 nitrogen and oxygen atoms in total. The fourth-order valence-electron chi connectivity index (χ4n) is 19.3. The van der Waals surface area contributed by atoms with E-state index >= 15 is 4.79 Å². The van der Waals surface area contributed by atoms with Crippen LogP contribution in [0.25, 0.3) is 0 Å². The summed E-state index contributed by atoms with van der Waals surface area (Å²) < 4.78 is 52.9. The molecule has 10 rings (SSSR count). The third-order valence-electron chi connectivity index (χ3n) is 24.3. The van der Waals surface area contributed by atoms with Crippen molar-refractivity contribution in [1.82, 2.24) is 5.32 Å². The van der Waals surface area contributed by atoms with Crippen molar-refractivity contribution < 1.29 is 96.3 Å². The lowest BCUT2D eigenvalue weighted by Gasteiger charge is -2.67. The molecule has 97 heavy (non-hydrogen) atoms. The van der Waals surface area contributed by atoms with Gasteiger partial charge in [-0.25, -0.2) is 19.2 Å². The highest BCUT2D eigenvalue weighted by molar-refractivity contribution is 5.94. The van der Waals surface area contributed by atoms with E-state index in [4.69, 9.17) is 42.6 Å². The Balaban J connectivity index is 0.831. The molecule has 19 atom stereocenters. The summed E-state index contributed by atoms with van der Waals surface area (Å²) in [6.45, 7) is 22.5. The molecule has 2 bridgehead atoms. The number of fused-ring (bicyclic) bond motifs is 10. The normalized spacial score (nSPS) is 34.8. The summed E-state index contributed by atoms with van der Waals surface area (Å²) in [5.74, 6) is -3.25. The van der Waals surface area contributed by atoms with Crippen LogP contribution in [0.15, 0.2) is 83.5 Å². The van der Waals surface area contributed by atoms with Crippen molar-refractivity contribution >= 4 is 47.9 Å². The van der Waals surface area contributed by atoms with Gasteiger partial charge in [-0.05, 0) is 155 Å². The Bertz CT molecular complexity index is 3360. The molecule has 0 aromatic heterocycles. The van der Waals surface area contributed by atoms with E-state index in [1.807, 2.05) is 0 Å². The van der Waals surface area contributed by atoms with Gasteiger partial charge in [0.2, 0.25) is 6.79 Å². The van der Waals surface area contributed by atoms with E-state index in [1.54, 1.807) is 69.3 Å². The number of hydrogen-bond donors (Lipinski definition) is 4. The van der Waals surface area contributed by atoms with Gasteiger partial charge in [0, 0.05) is 31.6 Å². The van der Waals surface area contributed by atoms with Gasteiger partial charge in [-0.1, -0.05) is 128 Å². The molecule has 0 unspecified atom stereocenters. The molecule has 5 saturated carbocycles. The van der Waals surface area contributed by atoms with Crippen LogP contribution in [0.5, 0.6) is 0 Å². The van der Waals surface area contributed by atoms with E-state index in [9.17, 15) is 48.9 Å². The zero-order chi connectivity index (χ0) is 70.5. The van der Waals surface area contributed by atoms with E-state index < -0.39 is 150 Å². The first-order valence-electron chi connectivity index (χ1n) is 35.1. The number of nitrogens with one attached hydrogen (secondary N) is 1. The summed E-state index contributed by atoms with van der Waals surface area (Å²) >= 11 is 0. The molecule has 2 aromatic rings. The van der Waals surface area contributed by atoms with Gasteiger partial charge in [-0.2, -0.15) is 0 Å². The van der Waals surface area contributed by atoms with E-state index in [0.29, 0.717) is 23.7 Å². The first kappa shape index (κ1) is 73.0. The molecule has 532 valence electrons. The Morgan fingerprint density at radius 2 is 1.48 bits per heavy atom. The Labute approximate surface area is 570 Å². The van der Waals surface area contributed by atoms with E-state index in [1.165, 1.54) is 90.3 Å². The second-order valence-electron chi connectivity index (χ2n) is 31.8. The average molecular weight is 1350 g/mol. The number of esters is 5. The second-order valence-corrected chi connectivity index (χ2v) is 31.8. The molecular weight excluding hydrogens is 1250 g/mol. The average Bonchev–Trinajstić information content (AvgIpc) is 0.985. The molecule has 1 heterocycles. The van der Waals surface area contributed by atoms with Gasteiger partial charge < -0.3 is 63.3 Å². The van der Waals surface area contributed by atoms with E-state index in [0.717, 1.165) is 49.9 Å². The summed E-state index contributed by atoms with van der Waals surface area (Å²) in [7, 11) is 0. The maximum Gasteiger partial charge on any atom is 0.511 e. The van der Waals surface area contributed by atoms with Crippen LogP contribution in [0.2, 0.25) is 0 Å². The molecule has 0 spiro atoms. The Morgan fingerprint density at radius 3 is 2.13 bits per heavy atom. The number of hydrogen-bond acceptors (Lipinski definition) is 20. The molecule has 8 aliphatic rings. The number of aliphatic hydroxyl groups is 3. The fraction of sp³-hybridized carbons (Fsp3) is 0.684. The van der Waals surface area contributed by atoms with Crippen molar-refractivity contribution in [3.63, 3.8) is 0 Å². The number of amides is 1. The van der Waals surface area contributed by atoms with Crippen molar-refractivity contribution in [2.24, 2.45) is 63.1 Å². The van der Waals surface area contributed by atoms with Crippen LogP contribution in [0, 0.1) is 63.1 Å². The van der Waals surface area contributed by atoms with E-state index in [-0.39, 0.29) is 46.6 Å². The third-order valence-corrected chi connectivity index (χ3v) is 24.3. The minimum Gasteiger partial charge on any atom is -0.462 e. The number of ketones is 1. The molecule has 1 amide bonds. The lowest BCUT2D eigenvalue weighted by atomic mass is 9.44. The van der Waals surface area contributed by atoms with Gasteiger partial charge in [-0.15, -0.1) is 0 Å². The minimum absolute atomic E-state index is 0.00794. The van der Waals surface area contributed by atoms with Crippen molar-refractivity contribution in [2.75, 3.05) is 13.4 Å². The third kappa shape index (κ3) is 14.0. The summed E-state index contributed by atoms with van der Waals surface area (Å²) in [6.07, 6.45) is -0.520. The quantitative estimate of drug-likeness (QED) is 0.0414. The van der Waals surface area contributed by atoms with Crippen molar-refractivity contribution in [1.29, 1.82) is 0 Å². The molecule has 7 aliphatic carbocycles. The highest BCUT2D eigenvalue weighted by Gasteiger charge is 2.79. The Morgan fingerprint density at radius 1 is 0.804 bits per heavy atom. The van der Waals surface area contributed by atoms with Crippen LogP contribution in [0.1, 0.15) is 208 Å². The van der Waals surface area contributed by atoms with Gasteiger partial charge in [0.05, 0.1) is 42.4 Å². The SMILES string of the molecule is CC(=O)O[C@@]12CO[C@@H]1C[C@H](OC(=O)OCOC(=O)CCC(=O)O[C@H]1CC[C@@]3(C)C(=CC[C@H]4[C@@H]5CC[C@H]([C@H](C)CCCC(C)C)[C@@]5(C)CC[C@@H]43)C1)[C@@]1(C)C(=O)[C@H](O)C3=C(C)[C@@H](OC(=O)[C@H](O)[C@@H](NC(=O)OC(C)(C)C)c4ccccc4)C[C@@](O)([C@@H](OC(=O)c4ccccc4)[C@H]21)C3(C)C. The number of rotatable bonds is 20. The topological polar surface area (TPSA) is 292 Å². The summed E-state index contributed by atoms with van der Waals surface area (Å²) in [5, 5.41) is 41.2. The zero-order valence-electron chi connectivity index (χ0n) is 58.8. The first-order valence-corrected chi connectivity index (χ1v) is 35.1. The van der Waals surface area contributed by atoms with Crippen LogP contribution in [-0.2, 0) is 66.6 Å². The van der Waals surface area contributed by atoms with Crippen LogP contribution >= 0.6 is 0 Å². The fourth-order valence-corrected chi connectivity index (χ4v) is 19.3. The molecule has 21 heteroatoms. The molecule has 0 radical (unpaired) electrons. The van der Waals surface area contributed by atoms with E-state index in [2.05, 4.69) is 46.0 Å². The lowest BCUT2D eigenvalue weighted by molar-refractivity contribution is -0.346. The first-order chi connectivity index (χ1) is 45.6. The number of carbonyl (C=O) groups excluding carboxylic acids is 8. The van der Waals surface area contributed by atoms with Crippen molar-refractivity contribution in [3.8, 4) is 0 Å². The highest BCUT2D eigenvalue weighted by atomic mass is 16.8. The number of carbonyl (C=O) groups is 8. The predicted octanol–water partition coefficient (Wildman–Crippen LogP) is 11.7. The summed E-state index contributed by atoms with van der Waals surface area (Å²) in [5.41, 5.74) is -7.61. The monoisotopic (exact) mass is 1350 g/mol. The standard InChI is InChI=1S/C76H103NO20/c1-42(2)21-20-22-43(3)51-29-30-52-50-28-27-48-37-49(33-35-72(48,11)53(50)34-36-73(51,52)12)92-58(80)32-31-57(79)90-41-91-69(87)94-55-38-56-75(40-89-56,96-45(5)78)63-65(95-66(84)47-25-18-15-19-26-47)76(88)39-54(44(4)59(71(76,9)10)61(81)64(83)74(55,63)13)93-67(85)62(82)60(46-23-16-14-17-24-46)77-68(86)97-70(6,7)8/h14-19,23-27,42-43,49-56,60-63,65,81-82,88H,20-22,28-41H2,1-13H3,(H,77,86)/t43-,49+,50+,51-,52+,53+,54+,55+,56-,60+,61-,62-,63+,65+,72+,73-,74-,75+,76-/m1/s1. The largest absolute Gasteiger partial charge is 0.511 e. The number of allylic oxidation sites excluding steroid dienone is 1. The van der Waals surface area contributed by atoms with Gasteiger partial charge in [0.15, 0.2) is 17.5 Å². The maximum atomic E-state index is 15.9. The van der Waals surface area contributed by atoms with Crippen LogP contribution < -0.4 is 5.32 Å². The number of benzene rings is 2. The second kappa shape index (κ2) is 28.2. The van der Waals surface area contributed by atoms with Crippen LogP contribution in [0.4, 0.5) is 9.59 Å². The van der Waals surface area contributed by atoms with Crippen LogP contribution in [0.3, 0.4) is 0 Å². The smallest absolute Gasteiger partial charge is 0.462 e. The maximum absolute atomic E-state index is 15.9. The number of alkyl carbamates (subject to hydrolysis) is 1. The van der Waals surface area contributed by atoms with Gasteiger partial charge in [-0.3, -0.25) is 19.2 Å². The summed E-state index contributed by atoms with van der Waals surface area (Å²) in [4.78, 5) is 112. The Kier molecular flexibility index (Phi) is 21.2. The molecule has 6 fully saturated rings. The molecule has 1 saturated heterocycles. The molecule has 2 aromatic carbocycles. The van der Waals surface area contributed by atoms with Gasteiger partial charge in [0.25, 0.3) is 0 Å². The summed E-state index contributed by atoms with van der Waals surface area (Å²) in [6, 6.07) is 14.3. The van der Waals surface area contributed by atoms with Crippen LogP contribution in [-0.4, -0.2) is 136 Å². The highest BCUT2D eigenvalue weighted by Crippen LogP contribution is 2.69. The van der Waals surface area contributed by atoms with Crippen molar-refractivity contribution in [2.45, 2.75) is 252 Å². The lowest BCUT2D eigenvalue weighted by Crippen LogP contribution is -2.82.